The molecule has 0 aliphatic heterocycles. The predicted molar refractivity (Wildman–Crippen MR) is 74.3 cm³/mol. The van der Waals surface area contributed by atoms with Gasteiger partial charge in [0, 0.05) is 0 Å². The first-order chi connectivity index (χ1) is 9.70. The molecule has 4 nitrogen and oxygen atoms in total. The Balaban J connectivity index is 2.00. The number of benzene rings is 2. The zero-order chi connectivity index (χ0) is 14.4. The van der Waals surface area contributed by atoms with Crippen molar-refractivity contribution in [3.63, 3.8) is 0 Å². The van der Waals surface area contributed by atoms with Gasteiger partial charge in [-0.05, 0) is 23.3 Å². The highest BCUT2D eigenvalue weighted by atomic mass is 16.5. The minimum absolute atomic E-state index is 0.186. The maximum atomic E-state index is 11.9. The van der Waals surface area contributed by atoms with Crippen molar-refractivity contribution in [1.82, 2.24) is 0 Å². The number of rotatable bonds is 4. The molecule has 0 fully saturated rings. The monoisotopic (exact) mass is 266 g/mol. The van der Waals surface area contributed by atoms with E-state index in [-0.39, 0.29) is 6.61 Å². The number of nitriles is 1. The van der Waals surface area contributed by atoms with E-state index in [2.05, 4.69) is 0 Å². The molecule has 0 bridgehead atoms. The first-order valence-electron chi connectivity index (χ1n) is 6.17. The van der Waals surface area contributed by atoms with Crippen molar-refractivity contribution in [2.75, 3.05) is 0 Å². The van der Waals surface area contributed by atoms with Crippen molar-refractivity contribution in [3.8, 4) is 6.07 Å². The molecule has 1 unspecified atom stereocenters. The standard InChI is InChI=1S/C16H14N2O2/c17-10-13-7-4-8-14(9-13)15(18)16(19)20-11-12-5-2-1-3-6-12/h1-9,15H,11,18H2. The number of hydrogen-bond donors (Lipinski definition) is 1. The molecular weight excluding hydrogens is 252 g/mol. The van der Waals surface area contributed by atoms with Crippen molar-refractivity contribution in [1.29, 1.82) is 5.26 Å². The normalized spacial score (nSPS) is 11.4. The molecule has 1 atom stereocenters. The van der Waals surface area contributed by atoms with Crippen molar-refractivity contribution in [3.05, 3.63) is 71.3 Å². The number of nitrogens with zero attached hydrogens (tertiary/aromatic N) is 1. The summed E-state index contributed by atoms with van der Waals surface area (Å²) in [6, 6.07) is 17.2. The average molecular weight is 266 g/mol. The number of carbonyl (C=O) groups is 1. The molecule has 0 aromatic heterocycles. The third-order valence-corrected chi connectivity index (χ3v) is 2.85. The molecule has 0 radical (unpaired) electrons. The van der Waals surface area contributed by atoms with Crippen LogP contribution in [-0.2, 0) is 16.1 Å². The smallest absolute Gasteiger partial charge is 0.327 e. The predicted octanol–water partition coefficient (Wildman–Crippen LogP) is 2.30. The van der Waals surface area contributed by atoms with Gasteiger partial charge in [0.2, 0.25) is 0 Å². The second kappa shape index (κ2) is 6.50. The number of esters is 1. The van der Waals surface area contributed by atoms with Gasteiger partial charge in [-0.2, -0.15) is 5.26 Å². The Morgan fingerprint density at radius 2 is 1.95 bits per heavy atom. The molecule has 4 heteroatoms. The number of nitrogens with two attached hydrogens (primary N) is 1. The third-order valence-electron chi connectivity index (χ3n) is 2.85. The van der Waals surface area contributed by atoms with Crippen molar-refractivity contribution >= 4 is 5.97 Å². The van der Waals surface area contributed by atoms with Gasteiger partial charge in [0.05, 0.1) is 11.6 Å². The summed E-state index contributed by atoms with van der Waals surface area (Å²) in [6.45, 7) is 0.186. The highest BCUT2D eigenvalue weighted by Gasteiger charge is 2.17. The average Bonchev–Trinajstić information content (AvgIpc) is 2.53. The number of hydrogen-bond acceptors (Lipinski definition) is 4. The van der Waals surface area contributed by atoms with E-state index < -0.39 is 12.0 Å². The fraction of sp³-hybridized carbons (Fsp3) is 0.125. The molecule has 0 spiro atoms. The fourth-order valence-electron chi connectivity index (χ4n) is 1.76. The van der Waals surface area contributed by atoms with E-state index in [4.69, 9.17) is 15.7 Å². The zero-order valence-electron chi connectivity index (χ0n) is 10.8. The Labute approximate surface area is 117 Å². The second-order valence-electron chi connectivity index (χ2n) is 4.31. The Bertz CT molecular complexity index is 632. The molecule has 0 amide bonds. The molecule has 2 aromatic carbocycles. The van der Waals surface area contributed by atoms with Crippen molar-refractivity contribution in [2.45, 2.75) is 12.6 Å². The molecule has 0 saturated heterocycles. The van der Waals surface area contributed by atoms with Crippen LogP contribution in [0.3, 0.4) is 0 Å². The lowest BCUT2D eigenvalue weighted by molar-refractivity contribution is -0.146. The van der Waals surface area contributed by atoms with Crippen LogP contribution >= 0.6 is 0 Å². The summed E-state index contributed by atoms with van der Waals surface area (Å²) in [5.41, 5.74) is 7.78. The van der Waals surface area contributed by atoms with Crippen LogP contribution in [0.15, 0.2) is 54.6 Å². The second-order valence-corrected chi connectivity index (χ2v) is 4.31. The largest absolute Gasteiger partial charge is 0.459 e. The summed E-state index contributed by atoms with van der Waals surface area (Å²) in [4.78, 5) is 11.9. The van der Waals surface area contributed by atoms with Crippen LogP contribution in [0.1, 0.15) is 22.7 Å². The number of ether oxygens (including phenoxy) is 1. The first kappa shape index (κ1) is 13.8. The Morgan fingerprint density at radius 3 is 2.65 bits per heavy atom. The summed E-state index contributed by atoms with van der Waals surface area (Å²) in [5, 5.41) is 8.83. The molecule has 0 aliphatic rings. The van der Waals surface area contributed by atoms with Gasteiger partial charge in [-0.15, -0.1) is 0 Å². The summed E-state index contributed by atoms with van der Waals surface area (Å²) in [7, 11) is 0. The van der Waals surface area contributed by atoms with Gasteiger partial charge < -0.3 is 10.5 Å². The van der Waals surface area contributed by atoms with E-state index >= 15 is 0 Å². The van der Waals surface area contributed by atoms with Crippen LogP contribution in [-0.4, -0.2) is 5.97 Å². The van der Waals surface area contributed by atoms with Gasteiger partial charge in [0.15, 0.2) is 0 Å². The molecule has 0 aliphatic carbocycles. The van der Waals surface area contributed by atoms with Crippen molar-refractivity contribution < 1.29 is 9.53 Å². The minimum atomic E-state index is -0.882. The molecule has 0 saturated carbocycles. The van der Waals surface area contributed by atoms with Gasteiger partial charge in [-0.1, -0.05) is 42.5 Å². The number of carbonyl (C=O) groups excluding carboxylic acids is 1. The summed E-state index contributed by atoms with van der Waals surface area (Å²) in [6.07, 6.45) is 0. The van der Waals surface area contributed by atoms with Crippen LogP contribution in [0.5, 0.6) is 0 Å². The van der Waals surface area contributed by atoms with Crippen LogP contribution in [0.4, 0.5) is 0 Å². The van der Waals surface area contributed by atoms with Crippen LogP contribution in [0, 0.1) is 11.3 Å². The van der Waals surface area contributed by atoms with Gasteiger partial charge in [-0.3, -0.25) is 0 Å². The maximum absolute atomic E-state index is 11.9. The topological polar surface area (TPSA) is 76.1 Å². The molecule has 100 valence electrons. The van der Waals surface area contributed by atoms with Crippen LogP contribution in [0.25, 0.3) is 0 Å². The lowest BCUT2D eigenvalue weighted by Gasteiger charge is -2.12. The van der Waals surface area contributed by atoms with Gasteiger partial charge in [-0.25, -0.2) is 4.79 Å². The highest BCUT2D eigenvalue weighted by molar-refractivity contribution is 5.77. The molecule has 2 rings (SSSR count). The Hall–Kier alpha value is -2.64. The van der Waals surface area contributed by atoms with E-state index in [9.17, 15) is 4.79 Å². The zero-order valence-corrected chi connectivity index (χ0v) is 10.8. The SMILES string of the molecule is N#Cc1cccc(C(N)C(=O)OCc2ccccc2)c1. The van der Waals surface area contributed by atoms with E-state index in [0.29, 0.717) is 11.1 Å². The Morgan fingerprint density at radius 1 is 1.20 bits per heavy atom. The fourth-order valence-corrected chi connectivity index (χ4v) is 1.76. The molecular formula is C16H14N2O2. The highest BCUT2D eigenvalue weighted by Crippen LogP contribution is 2.14. The maximum Gasteiger partial charge on any atom is 0.327 e. The van der Waals surface area contributed by atoms with E-state index in [1.54, 1.807) is 24.3 Å². The lowest BCUT2D eigenvalue weighted by atomic mass is 10.1. The van der Waals surface area contributed by atoms with E-state index in [1.165, 1.54) is 0 Å². The summed E-state index contributed by atoms with van der Waals surface area (Å²) in [5.74, 6) is -0.510. The quantitative estimate of drug-likeness (QED) is 0.861. The van der Waals surface area contributed by atoms with Crippen LogP contribution < -0.4 is 5.73 Å². The minimum Gasteiger partial charge on any atom is -0.459 e. The van der Waals surface area contributed by atoms with Crippen LogP contribution in [0.2, 0.25) is 0 Å². The molecule has 2 N–H and O–H groups in total. The summed E-state index contributed by atoms with van der Waals surface area (Å²) < 4.78 is 5.17. The first-order valence-corrected chi connectivity index (χ1v) is 6.17. The molecule has 2 aromatic rings. The van der Waals surface area contributed by atoms with Crippen molar-refractivity contribution in [2.24, 2.45) is 5.73 Å². The summed E-state index contributed by atoms with van der Waals surface area (Å²) >= 11 is 0. The molecule has 20 heavy (non-hydrogen) atoms. The van der Waals surface area contributed by atoms with Gasteiger partial charge >= 0.3 is 5.97 Å². The van der Waals surface area contributed by atoms with E-state index in [1.807, 2.05) is 36.4 Å². The molecule has 0 heterocycles. The Kier molecular flexibility index (Phi) is 4.48. The third kappa shape index (κ3) is 3.44. The van der Waals surface area contributed by atoms with E-state index in [0.717, 1.165) is 5.56 Å². The van der Waals surface area contributed by atoms with Gasteiger partial charge in [0.1, 0.15) is 12.6 Å². The van der Waals surface area contributed by atoms with Gasteiger partial charge in [0.25, 0.3) is 0 Å². The lowest BCUT2D eigenvalue weighted by Crippen LogP contribution is -2.23.